The third-order valence-corrected chi connectivity index (χ3v) is 4.70. The van der Waals surface area contributed by atoms with Crippen molar-refractivity contribution in [3.63, 3.8) is 0 Å². The lowest BCUT2D eigenvalue weighted by atomic mass is 10.1. The van der Waals surface area contributed by atoms with Crippen molar-refractivity contribution in [2.24, 2.45) is 0 Å². The number of nitrogens with zero attached hydrogens (tertiary/aromatic N) is 2. The first-order valence-electron chi connectivity index (χ1n) is 6.73. The molecule has 0 aromatic heterocycles. The lowest BCUT2D eigenvalue weighted by Crippen LogP contribution is -2.53. The largest absolute Gasteiger partial charge is 0.480 e. The first-order chi connectivity index (χ1) is 10.4. The third kappa shape index (κ3) is 3.69. The van der Waals surface area contributed by atoms with Gasteiger partial charge in [-0.15, -0.1) is 11.8 Å². The van der Waals surface area contributed by atoms with Gasteiger partial charge in [0.1, 0.15) is 18.6 Å². The van der Waals surface area contributed by atoms with E-state index in [9.17, 15) is 24.3 Å². The molecule has 0 aromatic rings. The molecular weight excluding hydrogens is 314 g/mol. The predicted octanol–water partition coefficient (Wildman–Crippen LogP) is -1.40. The molecule has 0 spiro atoms. The second kappa shape index (κ2) is 6.97. The fourth-order valence-corrected chi connectivity index (χ4v) is 3.67. The third-order valence-electron chi connectivity index (χ3n) is 3.64. The maximum absolute atomic E-state index is 12.2. The molecule has 10 heteroatoms. The van der Waals surface area contributed by atoms with Gasteiger partial charge < -0.3 is 20.4 Å². The fraction of sp³-hybridized carbons (Fsp3) is 0.667. The highest BCUT2D eigenvalue weighted by atomic mass is 32.2. The molecule has 2 fully saturated rings. The van der Waals surface area contributed by atoms with Gasteiger partial charge in [-0.25, -0.2) is 0 Å². The lowest BCUT2D eigenvalue weighted by molar-refractivity contribution is -0.145. The van der Waals surface area contributed by atoms with Crippen molar-refractivity contribution in [3.05, 3.63) is 0 Å². The maximum Gasteiger partial charge on any atom is 0.322 e. The van der Waals surface area contributed by atoms with Crippen LogP contribution in [0.3, 0.4) is 0 Å². The molecular formula is C12H17N3O6S. The SMILES string of the molecule is O=C(O)CNC(=O)[C@@H]1CSCN2CN1C(=O)CC[C@H]2C(=O)O. The van der Waals surface area contributed by atoms with E-state index < -0.39 is 36.5 Å². The van der Waals surface area contributed by atoms with Gasteiger partial charge in [0, 0.05) is 18.1 Å². The number of rotatable bonds is 4. The van der Waals surface area contributed by atoms with Crippen LogP contribution in [-0.4, -0.2) is 80.7 Å². The Labute approximate surface area is 130 Å². The Hall–Kier alpha value is -1.81. The molecule has 2 heterocycles. The van der Waals surface area contributed by atoms with Gasteiger partial charge in [0.05, 0.1) is 6.67 Å². The van der Waals surface area contributed by atoms with Crippen molar-refractivity contribution in [3.8, 4) is 0 Å². The second-order valence-corrected chi connectivity index (χ2v) is 6.11. The van der Waals surface area contributed by atoms with Gasteiger partial charge in [-0.2, -0.15) is 0 Å². The van der Waals surface area contributed by atoms with E-state index in [1.54, 1.807) is 4.90 Å². The summed E-state index contributed by atoms with van der Waals surface area (Å²) in [7, 11) is 0. The number of carbonyl (C=O) groups is 4. The summed E-state index contributed by atoms with van der Waals surface area (Å²) < 4.78 is 0. The van der Waals surface area contributed by atoms with Crippen LogP contribution in [0.2, 0.25) is 0 Å². The van der Waals surface area contributed by atoms with Crippen LogP contribution in [0.4, 0.5) is 0 Å². The van der Waals surface area contributed by atoms with Crippen molar-refractivity contribution in [2.75, 3.05) is 24.8 Å². The number of hydrogen-bond donors (Lipinski definition) is 3. The van der Waals surface area contributed by atoms with Crippen molar-refractivity contribution in [1.82, 2.24) is 15.1 Å². The zero-order valence-corrected chi connectivity index (χ0v) is 12.5. The van der Waals surface area contributed by atoms with Crippen LogP contribution in [-0.2, 0) is 19.2 Å². The molecule has 22 heavy (non-hydrogen) atoms. The number of carboxylic acid groups (broad SMARTS) is 2. The Morgan fingerprint density at radius 2 is 2.00 bits per heavy atom. The highest BCUT2D eigenvalue weighted by Gasteiger charge is 2.40. The van der Waals surface area contributed by atoms with E-state index in [-0.39, 0.29) is 25.4 Å². The summed E-state index contributed by atoms with van der Waals surface area (Å²) in [6.45, 7) is -0.447. The van der Waals surface area contributed by atoms with E-state index >= 15 is 0 Å². The number of hydrogen-bond acceptors (Lipinski definition) is 6. The molecule has 0 aliphatic carbocycles. The standard InChI is InChI=1S/C12H17N3O6S/c16-9-2-1-7(12(20)21)14-5-15(9)8(4-22-6-14)11(19)13-3-10(17)18/h7-8H,1-6H2,(H,13,19)(H,17,18)(H,20,21)/t7-,8-/m0/s1. The van der Waals surface area contributed by atoms with E-state index in [1.165, 1.54) is 16.7 Å². The lowest BCUT2D eigenvalue weighted by Gasteiger charge is -2.30. The Morgan fingerprint density at radius 1 is 1.27 bits per heavy atom. The normalized spacial score (nSPS) is 28.5. The van der Waals surface area contributed by atoms with Gasteiger partial charge in [0.2, 0.25) is 11.8 Å². The molecule has 2 rings (SSSR count). The van der Waals surface area contributed by atoms with Crippen LogP contribution in [0.25, 0.3) is 0 Å². The topological polar surface area (TPSA) is 127 Å². The quantitative estimate of drug-likeness (QED) is 0.574. The number of aliphatic carboxylic acids is 2. The van der Waals surface area contributed by atoms with Crippen LogP contribution in [0, 0.1) is 0 Å². The molecule has 2 aliphatic heterocycles. The van der Waals surface area contributed by atoms with E-state index in [0.29, 0.717) is 11.6 Å². The Morgan fingerprint density at radius 3 is 2.64 bits per heavy atom. The van der Waals surface area contributed by atoms with Gasteiger partial charge in [-0.05, 0) is 6.42 Å². The average Bonchev–Trinajstić information content (AvgIpc) is 2.76. The van der Waals surface area contributed by atoms with Gasteiger partial charge in [-0.3, -0.25) is 24.1 Å². The number of fused-ring (bicyclic) bond motifs is 2. The predicted molar refractivity (Wildman–Crippen MR) is 76.0 cm³/mol. The van der Waals surface area contributed by atoms with Crippen LogP contribution in [0.15, 0.2) is 0 Å². The van der Waals surface area contributed by atoms with Crippen LogP contribution in [0.1, 0.15) is 12.8 Å². The number of thioether (sulfide) groups is 1. The van der Waals surface area contributed by atoms with Crippen LogP contribution in [0.5, 0.6) is 0 Å². The zero-order chi connectivity index (χ0) is 16.3. The second-order valence-electron chi connectivity index (χ2n) is 5.11. The summed E-state index contributed by atoms with van der Waals surface area (Å²) >= 11 is 1.36. The number of carbonyl (C=O) groups excluding carboxylic acids is 2. The number of amides is 2. The minimum absolute atomic E-state index is 0.0564. The smallest absolute Gasteiger partial charge is 0.322 e. The summed E-state index contributed by atoms with van der Waals surface area (Å²) in [4.78, 5) is 49.1. The zero-order valence-electron chi connectivity index (χ0n) is 11.7. The molecule has 122 valence electrons. The molecule has 2 bridgehead atoms. The summed E-state index contributed by atoms with van der Waals surface area (Å²) in [5, 5.41) is 20.1. The van der Waals surface area contributed by atoms with E-state index in [4.69, 9.17) is 5.11 Å². The van der Waals surface area contributed by atoms with Gasteiger partial charge >= 0.3 is 11.9 Å². The van der Waals surface area contributed by atoms with E-state index in [0.717, 1.165) is 0 Å². The van der Waals surface area contributed by atoms with Crippen molar-refractivity contribution < 1.29 is 29.4 Å². The summed E-state index contributed by atoms with van der Waals surface area (Å²) in [5.74, 6) is -2.25. The monoisotopic (exact) mass is 331 g/mol. The molecule has 2 aliphatic rings. The molecule has 1 unspecified atom stereocenters. The molecule has 0 saturated carbocycles. The Kier molecular flexibility index (Phi) is 5.24. The number of carboxylic acids is 2. The molecule has 3 atom stereocenters. The van der Waals surface area contributed by atoms with Crippen LogP contribution < -0.4 is 5.32 Å². The molecule has 3 N–H and O–H groups in total. The Balaban J connectivity index is 2.15. The van der Waals surface area contributed by atoms with Gasteiger partial charge in [0.15, 0.2) is 0 Å². The number of nitrogens with one attached hydrogen (secondary N) is 1. The van der Waals surface area contributed by atoms with Crippen molar-refractivity contribution in [1.29, 1.82) is 0 Å². The summed E-state index contributed by atoms with van der Waals surface area (Å²) in [5.41, 5.74) is 0. The van der Waals surface area contributed by atoms with Gasteiger partial charge in [-0.1, -0.05) is 0 Å². The first kappa shape index (κ1) is 16.6. The van der Waals surface area contributed by atoms with Crippen LogP contribution >= 0.6 is 11.8 Å². The van der Waals surface area contributed by atoms with Gasteiger partial charge in [0.25, 0.3) is 0 Å². The molecule has 2 saturated heterocycles. The summed E-state index contributed by atoms with van der Waals surface area (Å²) in [6, 6.07) is -1.53. The minimum Gasteiger partial charge on any atom is -0.480 e. The fourth-order valence-electron chi connectivity index (χ4n) is 2.51. The molecule has 9 nitrogen and oxygen atoms in total. The molecule has 0 radical (unpaired) electrons. The highest BCUT2D eigenvalue weighted by Crippen LogP contribution is 2.25. The van der Waals surface area contributed by atoms with E-state index in [1.807, 2.05) is 0 Å². The van der Waals surface area contributed by atoms with Crippen molar-refractivity contribution >= 4 is 35.5 Å². The molecule has 0 aromatic carbocycles. The van der Waals surface area contributed by atoms with E-state index in [2.05, 4.69) is 5.32 Å². The minimum atomic E-state index is -1.16. The maximum atomic E-state index is 12.2. The first-order valence-corrected chi connectivity index (χ1v) is 7.89. The summed E-state index contributed by atoms with van der Waals surface area (Å²) in [6.07, 6.45) is 0.259. The highest BCUT2D eigenvalue weighted by molar-refractivity contribution is 7.99. The Bertz CT molecular complexity index is 499. The van der Waals surface area contributed by atoms with Crippen molar-refractivity contribution in [2.45, 2.75) is 24.9 Å². The molecule has 2 amide bonds. The average molecular weight is 331 g/mol.